The van der Waals surface area contributed by atoms with Crippen LogP contribution in [0.15, 0.2) is 0 Å². The third-order valence-electron chi connectivity index (χ3n) is 2.33. The highest BCUT2D eigenvalue weighted by atomic mass is 16.5. The van der Waals surface area contributed by atoms with Crippen LogP contribution < -0.4 is 5.32 Å². The van der Waals surface area contributed by atoms with Gasteiger partial charge in [-0.25, -0.2) is 0 Å². The first-order valence-corrected chi connectivity index (χ1v) is 5.17. The molecule has 0 aromatic rings. The lowest BCUT2D eigenvalue weighted by Gasteiger charge is -2.10. The summed E-state index contributed by atoms with van der Waals surface area (Å²) < 4.78 is 5.07. The molecule has 82 valence electrons. The van der Waals surface area contributed by atoms with Gasteiger partial charge in [-0.05, 0) is 12.3 Å². The number of carbonyl (C=O) groups excluding carboxylic acids is 1. The fourth-order valence-corrected chi connectivity index (χ4v) is 1.39. The lowest BCUT2D eigenvalue weighted by Crippen LogP contribution is -2.32. The van der Waals surface area contributed by atoms with E-state index in [2.05, 4.69) is 19.2 Å². The Morgan fingerprint density at radius 3 is 2.86 bits per heavy atom. The number of aliphatic hydroxyl groups is 1. The Labute approximate surface area is 84.6 Å². The standard InChI is InChI=1S/C10H19NO3/c1-7(2)3-4-14-10(13)9-5-8(12)6-11-9/h7-9,11-12H,3-6H2,1-2H3/t8-,9-/m0/s1. The Bertz CT molecular complexity index is 194. The molecular weight excluding hydrogens is 182 g/mol. The molecule has 1 rings (SSSR count). The van der Waals surface area contributed by atoms with Crippen molar-refractivity contribution in [1.29, 1.82) is 0 Å². The van der Waals surface area contributed by atoms with E-state index in [0.29, 0.717) is 25.5 Å². The molecule has 0 aromatic heterocycles. The molecule has 1 aliphatic heterocycles. The highest BCUT2D eigenvalue weighted by Crippen LogP contribution is 2.08. The van der Waals surface area contributed by atoms with Crippen LogP contribution >= 0.6 is 0 Å². The van der Waals surface area contributed by atoms with Gasteiger partial charge in [-0.1, -0.05) is 13.8 Å². The number of ether oxygens (including phenoxy) is 1. The van der Waals surface area contributed by atoms with Gasteiger partial charge < -0.3 is 15.2 Å². The molecule has 0 amide bonds. The Kier molecular flexibility index (Phi) is 4.35. The van der Waals surface area contributed by atoms with Crippen molar-refractivity contribution in [3.05, 3.63) is 0 Å². The Balaban J connectivity index is 2.15. The smallest absolute Gasteiger partial charge is 0.323 e. The van der Waals surface area contributed by atoms with E-state index in [1.165, 1.54) is 0 Å². The van der Waals surface area contributed by atoms with Crippen LogP contribution in [0.25, 0.3) is 0 Å². The lowest BCUT2D eigenvalue weighted by atomic mass is 10.1. The SMILES string of the molecule is CC(C)CCOC(=O)[C@@H]1C[C@H](O)CN1. The van der Waals surface area contributed by atoms with Gasteiger partial charge in [-0.3, -0.25) is 4.79 Å². The number of β-amino-alcohol motifs (C(OH)–C–C–N with tert-alkyl or cyclic N) is 1. The normalized spacial score (nSPS) is 26.9. The predicted molar refractivity (Wildman–Crippen MR) is 52.8 cm³/mol. The van der Waals surface area contributed by atoms with Crippen molar-refractivity contribution >= 4 is 5.97 Å². The van der Waals surface area contributed by atoms with E-state index < -0.39 is 6.10 Å². The monoisotopic (exact) mass is 201 g/mol. The maximum Gasteiger partial charge on any atom is 0.323 e. The molecule has 0 radical (unpaired) electrons. The minimum absolute atomic E-state index is 0.234. The predicted octanol–water partition coefficient (Wildman–Crippen LogP) is 0.299. The number of hydrogen-bond donors (Lipinski definition) is 2. The minimum atomic E-state index is -0.405. The van der Waals surface area contributed by atoms with Crippen molar-refractivity contribution in [2.75, 3.05) is 13.2 Å². The summed E-state index contributed by atoms with van der Waals surface area (Å²) in [7, 11) is 0. The molecular formula is C10H19NO3. The summed E-state index contributed by atoms with van der Waals surface area (Å²) in [5.74, 6) is 0.312. The van der Waals surface area contributed by atoms with E-state index in [0.717, 1.165) is 6.42 Å². The van der Waals surface area contributed by atoms with E-state index in [-0.39, 0.29) is 12.0 Å². The molecule has 0 unspecified atom stereocenters. The molecule has 1 fully saturated rings. The van der Waals surface area contributed by atoms with Crippen molar-refractivity contribution < 1.29 is 14.6 Å². The van der Waals surface area contributed by atoms with E-state index in [1.54, 1.807) is 0 Å². The van der Waals surface area contributed by atoms with Crippen molar-refractivity contribution in [1.82, 2.24) is 5.32 Å². The topological polar surface area (TPSA) is 58.6 Å². The third kappa shape index (κ3) is 3.64. The van der Waals surface area contributed by atoms with Gasteiger partial charge in [0.25, 0.3) is 0 Å². The van der Waals surface area contributed by atoms with Crippen molar-refractivity contribution in [3.8, 4) is 0 Å². The number of nitrogens with one attached hydrogen (secondary N) is 1. The summed E-state index contributed by atoms with van der Waals surface area (Å²) >= 11 is 0. The number of carbonyl (C=O) groups is 1. The number of esters is 1. The fraction of sp³-hybridized carbons (Fsp3) is 0.900. The molecule has 4 nitrogen and oxygen atoms in total. The average molecular weight is 201 g/mol. The lowest BCUT2D eigenvalue weighted by molar-refractivity contribution is -0.146. The molecule has 1 aliphatic rings. The first kappa shape index (κ1) is 11.5. The summed E-state index contributed by atoms with van der Waals surface area (Å²) in [6, 6.07) is -0.308. The maximum absolute atomic E-state index is 11.4. The Hall–Kier alpha value is -0.610. The minimum Gasteiger partial charge on any atom is -0.465 e. The van der Waals surface area contributed by atoms with E-state index >= 15 is 0 Å². The summed E-state index contributed by atoms with van der Waals surface area (Å²) in [6.45, 7) is 5.14. The van der Waals surface area contributed by atoms with E-state index in [1.807, 2.05) is 0 Å². The van der Waals surface area contributed by atoms with Crippen LogP contribution in [0, 0.1) is 5.92 Å². The van der Waals surface area contributed by atoms with Gasteiger partial charge >= 0.3 is 5.97 Å². The largest absolute Gasteiger partial charge is 0.465 e. The Morgan fingerprint density at radius 2 is 2.36 bits per heavy atom. The van der Waals surface area contributed by atoms with Crippen LogP contribution in [-0.2, 0) is 9.53 Å². The molecule has 0 spiro atoms. The first-order valence-electron chi connectivity index (χ1n) is 5.17. The number of rotatable bonds is 4. The van der Waals surface area contributed by atoms with Crippen LogP contribution in [0.5, 0.6) is 0 Å². The maximum atomic E-state index is 11.4. The molecule has 0 aliphatic carbocycles. The molecule has 2 atom stereocenters. The highest BCUT2D eigenvalue weighted by Gasteiger charge is 2.28. The molecule has 4 heteroatoms. The van der Waals surface area contributed by atoms with Gasteiger partial charge in [0, 0.05) is 13.0 Å². The second-order valence-electron chi connectivity index (χ2n) is 4.20. The van der Waals surface area contributed by atoms with Gasteiger partial charge in [0.05, 0.1) is 12.7 Å². The van der Waals surface area contributed by atoms with Gasteiger partial charge in [0.1, 0.15) is 6.04 Å². The first-order chi connectivity index (χ1) is 6.59. The fourth-order valence-electron chi connectivity index (χ4n) is 1.39. The van der Waals surface area contributed by atoms with Crippen molar-refractivity contribution in [2.45, 2.75) is 38.8 Å². The summed E-state index contributed by atoms with van der Waals surface area (Å²) in [5, 5.41) is 12.1. The molecule has 0 bridgehead atoms. The van der Waals surface area contributed by atoms with Crippen molar-refractivity contribution in [3.63, 3.8) is 0 Å². The van der Waals surface area contributed by atoms with Gasteiger partial charge in [-0.15, -0.1) is 0 Å². The molecule has 0 saturated carbocycles. The van der Waals surface area contributed by atoms with E-state index in [4.69, 9.17) is 4.74 Å². The molecule has 14 heavy (non-hydrogen) atoms. The summed E-state index contributed by atoms with van der Waals surface area (Å²) in [6.07, 6.45) is 0.958. The summed E-state index contributed by atoms with van der Waals surface area (Å²) in [5.41, 5.74) is 0. The number of aliphatic hydroxyl groups excluding tert-OH is 1. The van der Waals surface area contributed by atoms with Gasteiger partial charge in [0.15, 0.2) is 0 Å². The highest BCUT2D eigenvalue weighted by molar-refractivity contribution is 5.76. The molecule has 1 saturated heterocycles. The van der Waals surface area contributed by atoms with Crippen LogP contribution in [0.2, 0.25) is 0 Å². The Morgan fingerprint density at radius 1 is 1.64 bits per heavy atom. The third-order valence-corrected chi connectivity index (χ3v) is 2.33. The van der Waals surface area contributed by atoms with E-state index in [9.17, 15) is 9.90 Å². The molecule has 1 heterocycles. The van der Waals surface area contributed by atoms with Crippen LogP contribution in [0.4, 0.5) is 0 Å². The molecule has 2 N–H and O–H groups in total. The quantitative estimate of drug-likeness (QED) is 0.642. The van der Waals surface area contributed by atoms with Crippen LogP contribution in [0.3, 0.4) is 0 Å². The van der Waals surface area contributed by atoms with Gasteiger partial charge in [0.2, 0.25) is 0 Å². The second kappa shape index (κ2) is 5.32. The van der Waals surface area contributed by atoms with Gasteiger partial charge in [-0.2, -0.15) is 0 Å². The van der Waals surface area contributed by atoms with Crippen LogP contribution in [0.1, 0.15) is 26.7 Å². The molecule has 0 aromatic carbocycles. The van der Waals surface area contributed by atoms with Crippen LogP contribution in [-0.4, -0.2) is 36.4 Å². The summed E-state index contributed by atoms with van der Waals surface area (Å²) in [4.78, 5) is 11.4. The zero-order valence-corrected chi connectivity index (χ0v) is 8.82. The zero-order chi connectivity index (χ0) is 10.6. The zero-order valence-electron chi connectivity index (χ0n) is 8.82. The van der Waals surface area contributed by atoms with Crippen molar-refractivity contribution in [2.24, 2.45) is 5.92 Å². The average Bonchev–Trinajstić information content (AvgIpc) is 2.51. The number of hydrogen-bond acceptors (Lipinski definition) is 4. The second-order valence-corrected chi connectivity index (χ2v) is 4.20.